The van der Waals surface area contributed by atoms with Crippen molar-refractivity contribution < 1.29 is 28.9 Å². The van der Waals surface area contributed by atoms with Crippen LogP contribution in [0.1, 0.15) is 194 Å². The third kappa shape index (κ3) is 25.8. The van der Waals surface area contributed by atoms with Gasteiger partial charge in [-0.25, -0.2) is 0 Å². The van der Waals surface area contributed by atoms with Crippen LogP contribution in [0.15, 0.2) is 0 Å². The lowest BCUT2D eigenvalue weighted by Gasteiger charge is -2.15. The molecule has 1 aliphatic rings. The Morgan fingerprint density at radius 3 is 1.35 bits per heavy atom. The van der Waals surface area contributed by atoms with Gasteiger partial charge in [0, 0.05) is 12.8 Å². The van der Waals surface area contributed by atoms with Gasteiger partial charge in [-0.3, -0.25) is 9.59 Å². The third-order valence-electron chi connectivity index (χ3n) is 8.82. The van der Waals surface area contributed by atoms with Gasteiger partial charge in [0.25, 0.3) is 0 Å². The molecule has 2 unspecified atom stereocenters. The van der Waals surface area contributed by atoms with E-state index in [2.05, 4.69) is 13.8 Å². The summed E-state index contributed by atoms with van der Waals surface area (Å²) >= 11 is 0. The second-order valence-electron chi connectivity index (χ2n) is 13.0. The molecule has 0 amide bonds. The molecule has 1 heterocycles. The van der Waals surface area contributed by atoms with Gasteiger partial charge in [0.15, 0.2) is 6.10 Å². The summed E-state index contributed by atoms with van der Waals surface area (Å²) in [5, 5.41) is 9.54. The summed E-state index contributed by atoms with van der Waals surface area (Å²) < 4.78 is 16.4. The van der Waals surface area contributed by atoms with E-state index >= 15 is 0 Å². The molecule has 0 bridgehead atoms. The van der Waals surface area contributed by atoms with E-state index in [-0.39, 0.29) is 25.2 Å². The topological polar surface area (TPSA) is 85.4 Å². The zero-order valence-electron chi connectivity index (χ0n) is 28.4. The average molecular weight is 611 g/mol. The highest BCUT2D eigenvalue weighted by molar-refractivity contribution is 5.70. The zero-order valence-corrected chi connectivity index (χ0v) is 28.4. The van der Waals surface area contributed by atoms with Gasteiger partial charge >= 0.3 is 11.9 Å². The maximum atomic E-state index is 12.2. The standard InChI is InChI=1S/C37H70O6/c1-3-5-7-9-11-12-13-14-15-16-17-21-25-29-36(39)41-32-33(31-38)42-37(40)30-26-22-18-20-24-28-35-34(43-35)27-23-19-10-8-6-4-2/h33-35,38H,3-32H2,1-2H3/t33-,34?,35?/m0/s1. The number of ether oxygens (including phenoxy) is 3. The Hall–Kier alpha value is -1.14. The zero-order chi connectivity index (χ0) is 31.2. The summed E-state index contributed by atoms with van der Waals surface area (Å²) in [4.78, 5) is 24.2. The molecule has 0 aromatic carbocycles. The molecular formula is C37H70O6. The summed E-state index contributed by atoms with van der Waals surface area (Å²) in [6.07, 6.45) is 33.2. The number of aliphatic hydroxyl groups excluding tert-OH is 1. The van der Waals surface area contributed by atoms with Crippen LogP contribution in [0.5, 0.6) is 0 Å². The van der Waals surface area contributed by atoms with Crippen LogP contribution in [0.4, 0.5) is 0 Å². The van der Waals surface area contributed by atoms with Crippen LogP contribution < -0.4 is 0 Å². The Kier molecular flexibility index (Phi) is 27.4. The molecule has 6 heteroatoms. The number of hydrogen-bond donors (Lipinski definition) is 1. The van der Waals surface area contributed by atoms with Crippen molar-refractivity contribution in [2.75, 3.05) is 13.2 Å². The molecule has 0 aromatic heterocycles. The third-order valence-corrected chi connectivity index (χ3v) is 8.82. The molecule has 1 N–H and O–H groups in total. The van der Waals surface area contributed by atoms with Crippen molar-refractivity contribution in [2.24, 2.45) is 0 Å². The van der Waals surface area contributed by atoms with Crippen molar-refractivity contribution in [1.29, 1.82) is 0 Å². The lowest BCUT2D eigenvalue weighted by molar-refractivity contribution is -0.161. The molecular weight excluding hydrogens is 540 g/mol. The molecule has 1 rings (SSSR count). The van der Waals surface area contributed by atoms with Crippen molar-refractivity contribution >= 4 is 11.9 Å². The minimum atomic E-state index is -0.772. The summed E-state index contributed by atoms with van der Waals surface area (Å²) in [5.74, 6) is -0.599. The Morgan fingerprint density at radius 2 is 0.930 bits per heavy atom. The highest BCUT2D eigenvalue weighted by Crippen LogP contribution is 2.32. The van der Waals surface area contributed by atoms with E-state index in [1.165, 1.54) is 128 Å². The van der Waals surface area contributed by atoms with Crippen LogP contribution in [0.3, 0.4) is 0 Å². The average Bonchev–Trinajstić information content (AvgIpc) is 3.76. The normalized spacial score (nSPS) is 16.7. The van der Waals surface area contributed by atoms with Crippen LogP contribution in [0, 0.1) is 0 Å². The maximum Gasteiger partial charge on any atom is 0.306 e. The van der Waals surface area contributed by atoms with Gasteiger partial charge in [0.2, 0.25) is 0 Å². The monoisotopic (exact) mass is 611 g/mol. The SMILES string of the molecule is CCCCCCCCCCCCCCCC(=O)OC[C@H](CO)OC(=O)CCCCCCCC1OC1CCCCCCCC. The lowest BCUT2D eigenvalue weighted by atomic mass is 10.0. The summed E-state index contributed by atoms with van der Waals surface area (Å²) in [6, 6.07) is 0. The van der Waals surface area contributed by atoms with Gasteiger partial charge in [-0.1, -0.05) is 155 Å². The molecule has 1 saturated heterocycles. The molecule has 1 fully saturated rings. The quantitative estimate of drug-likeness (QED) is 0.0452. The Labute approximate surface area is 265 Å². The van der Waals surface area contributed by atoms with Crippen molar-refractivity contribution in [3.8, 4) is 0 Å². The summed E-state index contributed by atoms with van der Waals surface area (Å²) in [7, 11) is 0. The van der Waals surface area contributed by atoms with Crippen LogP contribution >= 0.6 is 0 Å². The maximum absolute atomic E-state index is 12.2. The van der Waals surface area contributed by atoms with Crippen molar-refractivity contribution in [3.05, 3.63) is 0 Å². The lowest BCUT2D eigenvalue weighted by Crippen LogP contribution is -2.28. The molecule has 0 aliphatic carbocycles. The summed E-state index contributed by atoms with van der Waals surface area (Å²) in [5.41, 5.74) is 0. The van der Waals surface area contributed by atoms with Gasteiger partial charge in [-0.2, -0.15) is 0 Å². The molecule has 254 valence electrons. The predicted molar refractivity (Wildman–Crippen MR) is 177 cm³/mol. The predicted octanol–water partition coefficient (Wildman–Crippen LogP) is 10.2. The van der Waals surface area contributed by atoms with Gasteiger partial charge in [-0.15, -0.1) is 0 Å². The van der Waals surface area contributed by atoms with E-state index in [4.69, 9.17) is 14.2 Å². The molecule has 6 nitrogen and oxygen atoms in total. The fourth-order valence-electron chi connectivity index (χ4n) is 5.87. The van der Waals surface area contributed by atoms with E-state index in [9.17, 15) is 14.7 Å². The summed E-state index contributed by atoms with van der Waals surface area (Å²) in [6.45, 7) is 4.12. The highest BCUT2D eigenvalue weighted by atomic mass is 16.6. The minimum absolute atomic E-state index is 0.0669. The largest absolute Gasteiger partial charge is 0.462 e. The van der Waals surface area contributed by atoms with Crippen LogP contribution in [0.2, 0.25) is 0 Å². The number of carbonyl (C=O) groups excluding carboxylic acids is 2. The van der Waals surface area contributed by atoms with Crippen LogP contribution in [0.25, 0.3) is 0 Å². The first-order chi connectivity index (χ1) is 21.1. The van der Waals surface area contributed by atoms with Crippen LogP contribution in [-0.2, 0) is 23.8 Å². The van der Waals surface area contributed by atoms with Gasteiger partial charge in [0.1, 0.15) is 6.61 Å². The minimum Gasteiger partial charge on any atom is -0.462 e. The van der Waals surface area contributed by atoms with Crippen molar-refractivity contribution in [1.82, 2.24) is 0 Å². The fraction of sp³-hybridized carbons (Fsp3) is 0.946. The Bertz CT molecular complexity index is 639. The second kappa shape index (κ2) is 29.6. The van der Waals surface area contributed by atoms with E-state index in [0.29, 0.717) is 25.0 Å². The number of carbonyl (C=O) groups is 2. The van der Waals surface area contributed by atoms with E-state index in [1.807, 2.05) is 0 Å². The number of unbranched alkanes of at least 4 members (excludes halogenated alkanes) is 21. The number of esters is 2. The Morgan fingerprint density at radius 1 is 0.558 bits per heavy atom. The first-order valence-electron chi connectivity index (χ1n) is 18.7. The molecule has 0 radical (unpaired) electrons. The second-order valence-corrected chi connectivity index (χ2v) is 13.0. The number of hydrogen-bond acceptors (Lipinski definition) is 6. The smallest absolute Gasteiger partial charge is 0.306 e. The highest BCUT2D eigenvalue weighted by Gasteiger charge is 2.36. The van der Waals surface area contributed by atoms with Crippen molar-refractivity contribution in [3.63, 3.8) is 0 Å². The number of rotatable bonds is 33. The number of aliphatic hydroxyl groups is 1. The van der Waals surface area contributed by atoms with E-state index < -0.39 is 6.10 Å². The van der Waals surface area contributed by atoms with E-state index in [0.717, 1.165) is 38.5 Å². The van der Waals surface area contributed by atoms with Gasteiger partial charge in [-0.05, 0) is 25.7 Å². The molecule has 3 atom stereocenters. The molecule has 43 heavy (non-hydrogen) atoms. The van der Waals surface area contributed by atoms with Gasteiger partial charge < -0.3 is 19.3 Å². The van der Waals surface area contributed by atoms with E-state index in [1.54, 1.807) is 0 Å². The Balaban J connectivity index is 1.88. The van der Waals surface area contributed by atoms with Crippen molar-refractivity contribution in [2.45, 2.75) is 212 Å². The first kappa shape index (κ1) is 39.9. The molecule has 0 spiro atoms. The van der Waals surface area contributed by atoms with Crippen LogP contribution in [-0.4, -0.2) is 48.6 Å². The first-order valence-corrected chi connectivity index (χ1v) is 18.7. The molecule has 0 saturated carbocycles. The van der Waals surface area contributed by atoms with Gasteiger partial charge in [0.05, 0.1) is 18.8 Å². The number of epoxide rings is 1. The molecule has 1 aliphatic heterocycles. The fourth-order valence-corrected chi connectivity index (χ4v) is 5.87. The molecule has 0 aromatic rings.